The first kappa shape index (κ1) is 10.4. The Morgan fingerprint density at radius 1 is 1.29 bits per heavy atom. The van der Waals surface area contributed by atoms with Gasteiger partial charge in [-0.05, 0) is 18.6 Å². The Hall–Kier alpha value is -1.81. The van der Waals surface area contributed by atoms with Crippen molar-refractivity contribution < 1.29 is 10.2 Å². The number of para-hydroxylation sites is 1. The van der Waals surface area contributed by atoms with Gasteiger partial charge in [-0.3, -0.25) is 0 Å². The van der Waals surface area contributed by atoms with E-state index in [1.807, 2.05) is 12.1 Å². The van der Waals surface area contributed by atoms with Gasteiger partial charge in [0.05, 0.1) is 18.0 Å². The molecule has 1 aromatic carbocycles. The van der Waals surface area contributed by atoms with Crippen LogP contribution in [-0.4, -0.2) is 25.9 Å². The lowest BCUT2D eigenvalue weighted by molar-refractivity contribution is 0.142. The van der Waals surface area contributed by atoms with Gasteiger partial charge < -0.3 is 14.8 Å². The van der Waals surface area contributed by atoms with E-state index < -0.39 is 0 Å². The third kappa shape index (κ3) is 1.70. The molecule has 0 aliphatic carbocycles. The predicted molar refractivity (Wildman–Crippen MR) is 63.7 cm³/mol. The van der Waals surface area contributed by atoms with Gasteiger partial charge in [0.2, 0.25) is 0 Å². The lowest BCUT2D eigenvalue weighted by Crippen LogP contribution is -2.23. The first-order valence-corrected chi connectivity index (χ1v) is 5.76. The van der Waals surface area contributed by atoms with Crippen LogP contribution in [0.5, 0.6) is 5.75 Å². The summed E-state index contributed by atoms with van der Waals surface area (Å²) in [7, 11) is 0. The highest BCUT2D eigenvalue weighted by Gasteiger charge is 2.21. The van der Waals surface area contributed by atoms with Gasteiger partial charge in [-0.25, -0.2) is 4.98 Å². The Morgan fingerprint density at radius 3 is 2.94 bits per heavy atom. The number of hydrogen-bond acceptors (Lipinski definition) is 3. The van der Waals surface area contributed by atoms with Crippen LogP contribution in [0.1, 0.15) is 12.2 Å². The van der Waals surface area contributed by atoms with E-state index in [9.17, 15) is 10.2 Å². The lowest BCUT2D eigenvalue weighted by atomic mass is 10.1. The molecule has 2 N–H and O–H groups in total. The van der Waals surface area contributed by atoms with Crippen molar-refractivity contribution in [3.63, 3.8) is 0 Å². The number of aliphatic hydroxyl groups is 1. The van der Waals surface area contributed by atoms with E-state index in [4.69, 9.17) is 0 Å². The van der Waals surface area contributed by atoms with E-state index in [1.165, 1.54) is 0 Å². The first-order chi connectivity index (χ1) is 8.25. The number of aromatic nitrogens is 2. The van der Waals surface area contributed by atoms with E-state index in [0.29, 0.717) is 6.42 Å². The molecule has 0 fully saturated rings. The second kappa shape index (κ2) is 3.89. The summed E-state index contributed by atoms with van der Waals surface area (Å²) in [6.07, 6.45) is 2.81. The third-order valence-electron chi connectivity index (χ3n) is 3.22. The second-order valence-corrected chi connectivity index (χ2v) is 4.38. The van der Waals surface area contributed by atoms with Gasteiger partial charge in [0, 0.05) is 18.5 Å². The molecule has 17 heavy (non-hydrogen) atoms. The zero-order valence-corrected chi connectivity index (χ0v) is 9.37. The monoisotopic (exact) mass is 230 g/mol. The molecule has 4 nitrogen and oxygen atoms in total. The molecule has 1 aliphatic heterocycles. The molecule has 1 aromatic heterocycles. The maximum Gasteiger partial charge on any atom is 0.124 e. The van der Waals surface area contributed by atoms with Gasteiger partial charge in [-0.1, -0.05) is 12.1 Å². The normalized spacial score (nSPS) is 19.0. The highest BCUT2D eigenvalue weighted by molar-refractivity contribution is 5.66. The Kier molecular flexibility index (Phi) is 2.37. The van der Waals surface area contributed by atoms with Gasteiger partial charge in [-0.2, -0.15) is 0 Å². The number of phenols is 1. The van der Waals surface area contributed by atoms with E-state index in [-0.39, 0.29) is 11.9 Å². The molecular formula is C13H14N2O2. The molecule has 88 valence electrons. The second-order valence-electron chi connectivity index (χ2n) is 4.38. The van der Waals surface area contributed by atoms with Crippen molar-refractivity contribution >= 4 is 0 Å². The summed E-state index contributed by atoms with van der Waals surface area (Å²) in [6.45, 7) is 0.750. The number of imidazole rings is 1. The van der Waals surface area contributed by atoms with Crippen molar-refractivity contribution in [2.24, 2.45) is 0 Å². The summed E-state index contributed by atoms with van der Waals surface area (Å²) in [4.78, 5) is 4.32. The molecule has 0 spiro atoms. The van der Waals surface area contributed by atoms with Crippen LogP contribution in [0.3, 0.4) is 0 Å². The summed E-state index contributed by atoms with van der Waals surface area (Å²) in [6, 6.07) is 7.25. The van der Waals surface area contributed by atoms with Crippen molar-refractivity contribution in [3.05, 3.63) is 36.3 Å². The molecule has 2 aromatic rings. The van der Waals surface area contributed by atoms with Crippen molar-refractivity contribution in [3.8, 4) is 17.0 Å². The fraction of sp³-hybridized carbons (Fsp3) is 0.308. The van der Waals surface area contributed by atoms with Crippen LogP contribution < -0.4 is 0 Å². The average molecular weight is 230 g/mol. The quantitative estimate of drug-likeness (QED) is 0.781. The molecular weight excluding hydrogens is 216 g/mol. The van der Waals surface area contributed by atoms with Gasteiger partial charge in [0.15, 0.2) is 0 Å². The SMILES string of the molecule is Oc1ccccc1-c1cnc2n1CCC(O)C2. The molecule has 1 aliphatic rings. The van der Waals surface area contributed by atoms with Crippen LogP contribution in [0.4, 0.5) is 0 Å². The molecule has 0 saturated heterocycles. The number of aromatic hydroxyl groups is 1. The molecule has 3 rings (SSSR count). The molecule has 2 heterocycles. The number of phenolic OH excluding ortho intramolecular Hbond substituents is 1. The van der Waals surface area contributed by atoms with Crippen LogP contribution in [0.15, 0.2) is 30.5 Å². The van der Waals surface area contributed by atoms with Crippen LogP contribution >= 0.6 is 0 Å². The van der Waals surface area contributed by atoms with E-state index in [2.05, 4.69) is 9.55 Å². The Bertz CT molecular complexity index is 548. The zero-order valence-electron chi connectivity index (χ0n) is 9.37. The fourth-order valence-electron chi connectivity index (χ4n) is 2.32. The molecule has 0 radical (unpaired) electrons. The van der Waals surface area contributed by atoms with Crippen molar-refractivity contribution in [1.29, 1.82) is 0 Å². The molecule has 1 unspecified atom stereocenters. The lowest BCUT2D eigenvalue weighted by Gasteiger charge is -2.21. The van der Waals surface area contributed by atoms with Crippen LogP contribution in [0.2, 0.25) is 0 Å². The van der Waals surface area contributed by atoms with Gasteiger partial charge >= 0.3 is 0 Å². The fourth-order valence-corrected chi connectivity index (χ4v) is 2.32. The number of aliphatic hydroxyl groups excluding tert-OH is 1. The van der Waals surface area contributed by atoms with Crippen molar-refractivity contribution in [2.75, 3.05) is 0 Å². The maximum absolute atomic E-state index is 9.85. The molecule has 4 heteroatoms. The van der Waals surface area contributed by atoms with E-state index in [1.54, 1.807) is 18.3 Å². The molecule has 1 atom stereocenters. The van der Waals surface area contributed by atoms with Gasteiger partial charge in [0.1, 0.15) is 11.6 Å². The Morgan fingerprint density at radius 2 is 2.12 bits per heavy atom. The summed E-state index contributed by atoms with van der Waals surface area (Å²) < 4.78 is 2.07. The Balaban J connectivity index is 2.09. The van der Waals surface area contributed by atoms with E-state index >= 15 is 0 Å². The largest absolute Gasteiger partial charge is 0.507 e. The zero-order chi connectivity index (χ0) is 11.8. The molecule has 0 saturated carbocycles. The minimum atomic E-state index is -0.290. The summed E-state index contributed by atoms with van der Waals surface area (Å²) >= 11 is 0. The van der Waals surface area contributed by atoms with Crippen molar-refractivity contribution in [2.45, 2.75) is 25.5 Å². The highest BCUT2D eigenvalue weighted by atomic mass is 16.3. The topological polar surface area (TPSA) is 58.3 Å². The van der Waals surface area contributed by atoms with E-state index in [0.717, 1.165) is 30.0 Å². The standard InChI is InChI=1S/C13H14N2O2/c16-9-5-6-15-11(8-14-13(15)7-9)10-3-1-2-4-12(10)17/h1-4,8-9,16-17H,5-7H2. The Labute approximate surface area is 99.2 Å². The number of benzene rings is 1. The minimum Gasteiger partial charge on any atom is -0.507 e. The highest BCUT2D eigenvalue weighted by Crippen LogP contribution is 2.31. The number of fused-ring (bicyclic) bond motifs is 1. The van der Waals surface area contributed by atoms with Crippen LogP contribution in [-0.2, 0) is 13.0 Å². The molecule has 0 bridgehead atoms. The smallest absolute Gasteiger partial charge is 0.124 e. The van der Waals surface area contributed by atoms with Gasteiger partial charge in [0.25, 0.3) is 0 Å². The van der Waals surface area contributed by atoms with Crippen molar-refractivity contribution in [1.82, 2.24) is 9.55 Å². The van der Waals surface area contributed by atoms with Gasteiger partial charge in [-0.15, -0.1) is 0 Å². The average Bonchev–Trinajstić information content (AvgIpc) is 2.72. The summed E-state index contributed by atoms with van der Waals surface area (Å²) in [5, 5.41) is 19.4. The number of rotatable bonds is 1. The maximum atomic E-state index is 9.85. The number of hydrogen-bond donors (Lipinski definition) is 2. The summed E-state index contributed by atoms with van der Waals surface area (Å²) in [5.41, 5.74) is 1.72. The van der Waals surface area contributed by atoms with Crippen LogP contribution in [0.25, 0.3) is 11.3 Å². The third-order valence-corrected chi connectivity index (χ3v) is 3.22. The minimum absolute atomic E-state index is 0.265. The summed E-state index contributed by atoms with van der Waals surface area (Å²) in [5.74, 6) is 1.16. The first-order valence-electron chi connectivity index (χ1n) is 5.76. The molecule has 0 amide bonds. The number of nitrogens with zero attached hydrogens (tertiary/aromatic N) is 2. The van der Waals surface area contributed by atoms with Crippen LogP contribution in [0, 0.1) is 0 Å². The predicted octanol–water partition coefficient (Wildman–Crippen LogP) is 1.56.